The van der Waals surface area contributed by atoms with Crippen molar-refractivity contribution in [2.24, 2.45) is 0 Å². The predicted molar refractivity (Wildman–Crippen MR) is 164 cm³/mol. The molecule has 1 N–H and O–H groups in total. The van der Waals surface area contributed by atoms with Crippen molar-refractivity contribution in [1.29, 1.82) is 0 Å². The monoisotopic (exact) mass is 596 g/mol. The van der Waals surface area contributed by atoms with Gasteiger partial charge in [0.2, 0.25) is 10.9 Å². The molecule has 2 heterocycles. The van der Waals surface area contributed by atoms with Crippen molar-refractivity contribution in [3.05, 3.63) is 119 Å². The Morgan fingerprint density at radius 1 is 0.977 bits per heavy atom. The molecular weight excluding hydrogens is 571 g/mol. The molecule has 0 atom stereocenters. The molecule has 11 heteroatoms. The van der Waals surface area contributed by atoms with Gasteiger partial charge in [-0.3, -0.25) is 18.5 Å². The fourth-order valence-corrected chi connectivity index (χ4v) is 5.43. The number of hydrogen-bond acceptors (Lipinski definition) is 6. The van der Waals surface area contributed by atoms with E-state index in [9.17, 15) is 22.4 Å². The number of thiol groups is 1. The van der Waals surface area contributed by atoms with Crippen molar-refractivity contribution in [2.75, 3.05) is 18.4 Å². The summed E-state index contributed by atoms with van der Waals surface area (Å²) in [4.78, 5) is 31.1. The number of halogens is 1. The van der Waals surface area contributed by atoms with Crippen molar-refractivity contribution < 1.29 is 22.0 Å². The van der Waals surface area contributed by atoms with E-state index in [-0.39, 0.29) is 28.2 Å². The number of fused-ring (bicyclic) bond motifs is 2. The Kier molecular flexibility index (Phi) is 7.24. The summed E-state index contributed by atoms with van der Waals surface area (Å²) in [5, 5.41) is 3.39. The van der Waals surface area contributed by atoms with Crippen LogP contribution in [-0.4, -0.2) is 38.0 Å². The zero-order valence-electron chi connectivity index (χ0n) is 23.1. The maximum Gasteiger partial charge on any atom is 0.261 e. The van der Waals surface area contributed by atoms with Gasteiger partial charge in [0.25, 0.3) is 11.5 Å². The minimum atomic E-state index is -3.05. The number of carbonyl (C=O) groups excluding carboxylic acids is 1. The van der Waals surface area contributed by atoms with E-state index in [1.807, 2.05) is 30.3 Å². The van der Waals surface area contributed by atoms with Crippen molar-refractivity contribution in [1.82, 2.24) is 14.9 Å². The maximum absolute atomic E-state index is 13.7. The summed E-state index contributed by atoms with van der Waals surface area (Å²) in [5.74, 6) is -0.676. The normalized spacial score (nSPS) is 11.3. The highest BCUT2D eigenvalue weighted by atomic mass is 32.2. The van der Waals surface area contributed by atoms with Crippen molar-refractivity contribution in [2.45, 2.75) is 6.54 Å². The molecular formula is C32H25FN4O5S. The number of carbonyl (C=O) groups is 1. The second kappa shape index (κ2) is 11.2. The van der Waals surface area contributed by atoms with Gasteiger partial charge in [-0.1, -0.05) is 36.4 Å². The predicted octanol–water partition coefficient (Wildman–Crippen LogP) is 4.99. The van der Waals surface area contributed by atoms with Gasteiger partial charge < -0.3 is 9.73 Å². The van der Waals surface area contributed by atoms with Gasteiger partial charge in [-0.05, 0) is 53.6 Å². The number of nitrogens with zero attached hydrogens (tertiary/aromatic N) is 3. The van der Waals surface area contributed by atoms with Crippen LogP contribution in [0.15, 0.2) is 100 Å². The number of benzene rings is 4. The van der Waals surface area contributed by atoms with E-state index in [0.29, 0.717) is 39.5 Å². The van der Waals surface area contributed by atoms with Crippen LogP contribution in [0.2, 0.25) is 0 Å². The summed E-state index contributed by atoms with van der Waals surface area (Å²) in [6.07, 6.45) is 1.50. The fraction of sp³-hybridized carbons (Fsp3) is 0.0938. The molecule has 0 fully saturated rings. The summed E-state index contributed by atoms with van der Waals surface area (Å²) in [5.41, 5.74) is 3.37. The van der Waals surface area contributed by atoms with E-state index in [1.165, 1.54) is 55.3 Å². The number of aromatic nitrogens is 2. The lowest BCUT2D eigenvalue weighted by molar-refractivity contribution is 0.0964. The van der Waals surface area contributed by atoms with E-state index < -0.39 is 22.6 Å². The molecule has 0 saturated heterocycles. The zero-order chi connectivity index (χ0) is 30.2. The van der Waals surface area contributed by atoms with E-state index in [2.05, 4.69) is 10.3 Å². The van der Waals surface area contributed by atoms with Crippen LogP contribution in [0.5, 0.6) is 0 Å². The Labute approximate surface area is 246 Å². The topological polar surface area (TPSA) is 115 Å². The number of amides is 1. The van der Waals surface area contributed by atoms with Gasteiger partial charge in [0, 0.05) is 36.7 Å². The fourth-order valence-electron chi connectivity index (χ4n) is 5.09. The third-order valence-electron chi connectivity index (χ3n) is 7.29. The second-order valence-electron chi connectivity index (χ2n) is 9.91. The number of rotatable bonds is 7. The van der Waals surface area contributed by atoms with Crippen molar-refractivity contribution in [3.63, 3.8) is 0 Å². The van der Waals surface area contributed by atoms with Gasteiger partial charge in [0.1, 0.15) is 17.2 Å². The van der Waals surface area contributed by atoms with Crippen molar-refractivity contribution >= 4 is 44.4 Å². The SMILES string of the molecule is CNC(=O)c1c(-c2ccc(F)cc2)oc2cc(N(C)[SH](=O)=O)c(-c3ccc4ncn(Cc5ccccc5)c(=O)c4c3)cc12. The number of anilines is 1. The maximum atomic E-state index is 13.7. The molecule has 1 amide bonds. The Morgan fingerprint density at radius 2 is 1.70 bits per heavy atom. The third kappa shape index (κ3) is 5.15. The Balaban J connectivity index is 1.58. The molecule has 0 bridgehead atoms. The molecule has 2 aromatic heterocycles. The van der Waals surface area contributed by atoms with Gasteiger partial charge >= 0.3 is 0 Å². The first-order chi connectivity index (χ1) is 20.7. The van der Waals surface area contributed by atoms with Gasteiger partial charge in [-0.15, -0.1) is 0 Å². The molecule has 0 unspecified atom stereocenters. The van der Waals surface area contributed by atoms with E-state index in [4.69, 9.17) is 4.42 Å². The lowest BCUT2D eigenvalue weighted by Gasteiger charge is -2.17. The Morgan fingerprint density at radius 3 is 2.40 bits per heavy atom. The number of furan rings is 1. The molecule has 6 aromatic rings. The second-order valence-corrected chi connectivity index (χ2v) is 11.0. The van der Waals surface area contributed by atoms with Crippen LogP contribution in [0.25, 0.3) is 44.3 Å². The molecule has 4 aromatic carbocycles. The largest absolute Gasteiger partial charge is 0.455 e. The first-order valence-electron chi connectivity index (χ1n) is 13.2. The summed E-state index contributed by atoms with van der Waals surface area (Å²) in [6, 6.07) is 23.4. The van der Waals surface area contributed by atoms with Crippen LogP contribution in [0.3, 0.4) is 0 Å². The molecule has 216 valence electrons. The quantitative estimate of drug-likeness (QED) is 0.251. The highest BCUT2D eigenvalue weighted by Crippen LogP contribution is 2.41. The first kappa shape index (κ1) is 27.9. The van der Waals surface area contributed by atoms with E-state index >= 15 is 0 Å². The smallest absolute Gasteiger partial charge is 0.261 e. The van der Waals surface area contributed by atoms with Crippen LogP contribution >= 0.6 is 0 Å². The van der Waals surface area contributed by atoms with Crippen LogP contribution < -0.4 is 15.2 Å². The van der Waals surface area contributed by atoms with Gasteiger partial charge in [0.15, 0.2) is 0 Å². The van der Waals surface area contributed by atoms with Gasteiger partial charge in [0.05, 0.1) is 35.0 Å². The lowest BCUT2D eigenvalue weighted by Crippen LogP contribution is -2.21. The zero-order valence-corrected chi connectivity index (χ0v) is 24.0. The van der Waals surface area contributed by atoms with Gasteiger partial charge in [-0.2, -0.15) is 0 Å². The number of hydrogen-bond donors (Lipinski definition) is 2. The molecule has 9 nitrogen and oxygen atoms in total. The average Bonchev–Trinajstić information content (AvgIpc) is 3.40. The standard InChI is InChI=1S/C32H25FN4O5S/c1-34-31(38)29-25-15-23(27(36(2)43(40)41)16-28(25)42-30(29)20-8-11-22(33)12-9-20)21-10-13-26-24(14-21)32(39)37(18-35-26)17-19-6-4-3-5-7-19/h3-16,18,43H,17H2,1-2H3,(H,34,38). The third-order valence-corrected chi connectivity index (χ3v) is 8.00. The molecule has 0 aliphatic heterocycles. The first-order valence-corrected chi connectivity index (χ1v) is 14.4. The highest BCUT2D eigenvalue weighted by Gasteiger charge is 2.25. The highest BCUT2D eigenvalue weighted by molar-refractivity contribution is 7.74. The summed E-state index contributed by atoms with van der Waals surface area (Å²) < 4.78 is 46.7. The molecule has 0 saturated carbocycles. The molecule has 0 radical (unpaired) electrons. The van der Waals surface area contributed by atoms with Crippen LogP contribution in [0, 0.1) is 5.82 Å². The summed E-state index contributed by atoms with van der Waals surface area (Å²) in [7, 11) is -0.164. The molecule has 0 aliphatic carbocycles. The molecule has 6 rings (SSSR count). The van der Waals surface area contributed by atoms with Crippen LogP contribution in [0.4, 0.5) is 10.1 Å². The minimum absolute atomic E-state index is 0.207. The van der Waals surface area contributed by atoms with E-state index in [0.717, 1.165) is 9.87 Å². The molecule has 0 aliphatic rings. The summed E-state index contributed by atoms with van der Waals surface area (Å²) >= 11 is 0. The average molecular weight is 597 g/mol. The van der Waals surface area contributed by atoms with Gasteiger partial charge in [-0.25, -0.2) is 17.8 Å². The van der Waals surface area contributed by atoms with E-state index in [1.54, 1.807) is 24.3 Å². The molecule has 0 spiro atoms. The lowest BCUT2D eigenvalue weighted by atomic mass is 9.97. The Bertz CT molecular complexity index is 2150. The minimum Gasteiger partial charge on any atom is -0.455 e. The molecule has 43 heavy (non-hydrogen) atoms. The van der Waals surface area contributed by atoms with Crippen LogP contribution in [-0.2, 0) is 17.4 Å². The number of nitrogens with one attached hydrogen (secondary N) is 1. The van der Waals surface area contributed by atoms with Crippen LogP contribution in [0.1, 0.15) is 15.9 Å². The Hall–Kier alpha value is -5.29. The summed E-state index contributed by atoms with van der Waals surface area (Å²) in [6.45, 7) is 0.333. The van der Waals surface area contributed by atoms with Crippen molar-refractivity contribution in [3.8, 4) is 22.5 Å².